The van der Waals surface area contributed by atoms with Gasteiger partial charge in [0.05, 0.1) is 16.7 Å². The van der Waals surface area contributed by atoms with Crippen LogP contribution in [0.5, 0.6) is 0 Å². The molecule has 0 aliphatic heterocycles. The van der Waals surface area contributed by atoms with Crippen molar-refractivity contribution in [2.24, 2.45) is 0 Å². The van der Waals surface area contributed by atoms with Gasteiger partial charge in [0.25, 0.3) is 0 Å². The molecule has 1 N–H and O–H groups in total. The summed E-state index contributed by atoms with van der Waals surface area (Å²) in [6.45, 7) is 1.99. The maximum absolute atomic E-state index is 11.0. The molecule has 0 saturated heterocycles. The summed E-state index contributed by atoms with van der Waals surface area (Å²) >= 11 is 11.4. The second kappa shape index (κ2) is 5.02. The molecule has 0 unspecified atom stereocenters. The lowest BCUT2D eigenvalue weighted by Gasteiger charge is -2.05. The second-order valence-corrected chi connectivity index (χ2v) is 3.17. The summed E-state index contributed by atoms with van der Waals surface area (Å²) in [5.74, 6) is 0.231. The molecule has 14 heavy (non-hydrogen) atoms. The number of hydrogen-bond donors (Lipinski definition) is 1. The molecular formula is C8H8Cl2N2O2. The summed E-state index contributed by atoms with van der Waals surface area (Å²) in [7, 11) is 0. The molecule has 0 spiro atoms. The number of anilines is 1. The highest BCUT2D eigenvalue weighted by molar-refractivity contribution is 6.36. The van der Waals surface area contributed by atoms with Crippen LogP contribution in [-0.2, 0) is 4.74 Å². The van der Waals surface area contributed by atoms with E-state index in [2.05, 4.69) is 15.0 Å². The average Bonchev–Trinajstić information content (AvgIpc) is 2.10. The Morgan fingerprint density at radius 2 is 2.36 bits per heavy atom. The molecule has 1 amide bonds. The van der Waals surface area contributed by atoms with E-state index in [9.17, 15) is 4.79 Å². The number of rotatable bonds is 2. The number of carbonyl (C=O) groups excluding carboxylic acids is 1. The zero-order valence-corrected chi connectivity index (χ0v) is 8.89. The van der Waals surface area contributed by atoms with Crippen LogP contribution in [0.3, 0.4) is 0 Å². The lowest BCUT2D eigenvalue weighted by atomic mass is 10.4. The molecule has 1 rings (SSSR count). The minimum absolute atomic E-state index is 0.231. The molecule has 0 bridgehead atoms. The molecule has 0 atom stereocenters. The Hall–Kier alpha value is -1.000. The van der Waals surface area contributed by atoms with Gasteiger partial charge in [-0.3, -0.25) is 5.32 Å². The highest BCUT2D eigenvalue weighted by Gasteiger charge is 2.07. The SMILES string of the molecule is CCOC(=O)Nc1ncc(Cl)cc1Cl. The van der Waals surface area contributed by atoms with Gasteiger partial charge in [-0.1, -0.05) is 23.2 Å². The maximum Gasteiger partial charge on any atom is 0.412 e. The van der Waals surface area contributed by atoms with Gasteiger partial charge in [-0.05, 0) is 13.0 Å². The Balaban J connectivity index is 2.72. The Morgan fingerprint density at radius 3 is 2.93 bits per heavy atom. The van der Waals surface area contributed by atoms with Crippen molar-refractivity contribution in [3.05, 3.63) is 22.3 Å². The summed E-state index contributed by atoms with van der Waals surface area (Å²) in [5.41, 5.74) is 0. The van der Waals surface area contributed by atoms with Crippen LogP contribution < -0.4 is 5.32 Å². The molecule has 0 fully saturated rings. The van der Waals surface area contributed by atoms with Crippen molar-refractivity contribution in [2.45, 2.75) is 6.92 Å². The standard InChI is InChI=1S/C8H8Cl2N2O2/c1-2-14-8(13)12-7-6(10)3-5(9)4-11-7/h3-4H,2H2,1H3,(H,11,12,13). The van der Waals surface area contributed by atoms with Crippen LogP contribution >= 0.6 is 23.2 Å². The third-order valence-corrected chi connectivity index (χ3v) is 1.80. The van der Waals surface area contributed by atoms with Crippen LogP contribution in [-0.4, -0.2) is 17.7 Å². The monoisotopic (exact) mass is 234 g/mol. The van der Waals surface area contributed by atoms with Gasteiger partial charge >= 0.3 is 6.09 Å². The van der Waals surface area contributed by atoms with E-state index in [1.807, 2.05) is 0 Å². The first kappa shape index (κ1) is 11.1. The van der Waals surface area contributed by atoms with E-state index in [1.54, 1.807) is 6.92 Å². The number of pyridine rings is 1. The zero-order chi connectivity index (χ0) is 10.6. The number of nitrogens with zero attached hydrogens (tertiary/aromatic N) is 1. The molecular weight excluding hydrogens is 227 g/mol. The van der Waals surface area contributed by atoms with Crippen molar-refractivity contribution < 1.29 is 9.53 Å². The van der Waals surface area contributed by atoms with Crippen LogP contribution in [0, 0.1) is 0 Å². The number of halogens is 2. The van der Waals surface area contributed by atoms with Crippen LogP contribution in [0.25, 0.3) is 0 Å². The Bertz CT molecular complexity index is 344. The van der Waals surface area contributed by atoms with Crippen LogP contribution in [0.4, 0.5) is 10.6 Å². The molecule has 1 aromatic rings. The third kappa shape index (κ3) is 3.05. The fraction of sp³-hybridized carbons (Fsp3) is 0.250. The number of nitrogens with one attached hydrogen (secondary N) is 1. The first-order chi connectivity index (χ1) is 6.63. The largest absolute Gasteiger partial charge is 0.450 e. The zero-order valence-electron chi connectivity index (χ0n) is 7.38. The van der Waals surface area contributed by atoms with Gasteiger partial charge in [0.1, 0.15) is 0 Å². The fourth-order valence-corrected chi connectivity index (χ4v) is 1.20. The smallest absolute Gasteiger partial charge is 0.412 e. The highest BCUT2D eigenvalue weighted by atomic mass is 35.5. The van der Waals surface area contributed by atoms with E-state index in [-0.39, 0.29) is 17.4 Å². The molecule has 0 aromatic carbocycles. The van der Waals surface area contributed by atoms with Gasteiger partial charge in [-0.25, -0.2) is 9.78 Å². The predicted molar refractivity (Wildman–Crippen MR) is 54.9 cm³/mol. The normalized spacial score (nSPS) is 9.64. The van der Waals surface area contributed by atoms with Gasteiger partial charge in [-0.15, -0.1) is 0 Å². The minimum Gasteiger partial charge on any atom is -0.450 e. The molecule has 0 saturated carbocycles. The molecule has 1 heterocycles. The Morgan fingerprint density at radius 1 is 1.64 bits per heavy atom. The molecule has 0 aliphatic rings. The summed E-state index contributed by atoms with van der Waals surface area (Å²) in [6, 6.07) is 1.48. The van der Waals surface area contributed by atoms with Gasteiger partial charge in [0.2, 0.25) is 0 Å². The van der Waals surface area contributed by atoms with Gasteiger partial charge in [0, 0.05) is 6.20 Å². The number of hydrogen-bond acceptors (Lipinski definition) is 3. The first-order valence-electron chi connectivity index (χ1n) is 3.88. The molecule has 0 radical (unpaired) electrons. The van der Waals surface area contributed by atoms with Crippen molar-refractivity contribution in [3.63, 3.8) is 0 Å². The fourth-order valence-electron chi connectivity index (χ4n) is 0.770. The highest BCUT2D eigenvalue weighted by Crippen LogP contribution is 2.22. The number of carbonyl (C=O) groups is 1. The topological polar surface area (TPSA) is 51.2 Å². The number of aromatic nitrogens is 1. The van der Waals surface area contributed by atoms with E-state index in [0.717, 1.165) is 0 Å². The van der Waals surface area contributed by atoms with Crippen molar-refractivity contribution >= 4 is 35.1 Å². The average molecular weight is 235 g/mol. The van der Waals surface area contributed by atoms with Crippen LogP contribution in [0.1, 0.15) is 6.92 Å². The molecule has 6 heteroatoms. The van der Waals surface area contributed by atoms with E-state index in [4.69, 9.17) is 23.2 Å². The summed E-state index contributed by atoms with van der Waals surface area (Å²) in [4.78, 5) is 14.8. The van der Waals surface area contributed by atoms with Crippen molar-refractivity contribution in [2.75, 3.05) is 11.9 Å². The second-order valence-electron chi connectivity index (χ2n) is 2.33. The van der Waals surface area contributed by atoms with Crippen LogP contribution in [0.15, 0.2) is 12.3 Å². The van der Waals surface area contributed by atoms with Gasteiger partial charge < -0.3 is 4.74 Å². The van der Waals surface area contributed by atoms with Gasteiger partial charge in [0.15, 0.2) is 5.82 Å². The number of ether oxygens (including phenoxy) is 1. The third-order valence-electron chi connectivity index (χ3n) is 1.30. The minimum atomic E-state index is -0.593. The van der Waals surface area contributed by atoms with E-state index >= 15 is 0 Å². The van der Waals surface area contributed by atoms with Crippen LogP contribution in [0.2, 0.25) is 10.0 Å². The predicted octanol–water partition coefficient (Wildman–Crippen LogP) is 2.96. The lowest BCUT2D eigenvalue weighted by molar-refractivity contribution is 0.168. The Labute approximate surface area is 91.2 Å². The van der Waals surface area contributed by atoms with E-state index < -0.39 is 6.09 Å². The van der Waals surface area contributed by atoms with E-state index in [0.29, 0.717) is 5.02 Å². The Kier molecular flexibility index (Phi) is 3.98. The van der Waals surface area contributed by atoms with Crippen molar-refractivity contribution in [1.82, 2.24) is 4.98 Å². The van der Waals surface area contributed by atoms with Gasteiger partial charge in [-0.2, -0.15) is 0 Å². The lowest BCUT2D eigenvalue weighted by Crippen LogP contribution is -2.14. The maximum atomic E-state index is 11.0. The quantitative estimate of drug-likeness (QED) is 0.857. The summed E-state index contributed by atoms with van der Waals surface area (Å²) < 4.78 is 4.65. The molecule has 76 valence electrons. The van der Waals surface area contributed by atoms with Crippen molar-refractivity contribution in [3.8, 4) is 0 Å². The number of amides is 1. The van der Waals surface area contributed by atoms with E-state index in [1.165, 1.54) is 12.3 Å². The van der Waals surface area contributed by atoms with Crippen molar-refractivity contribution in [1.29, 1.82) is 0 Å². The molecule has 4 nitrogen and oxygen atoms in total. The summed E-state index contributed by atoms with van der Waals surface area (Å²) in [6.07, 6.45) is 0.791. The molecule has 1 aromatic heterocycles. The first-order valence-corrected chi connectivity index (χ1v) is 4.64. The molecule has 0 aliphatic carbocycles. The summed E-state index contributed by atoms with van der Waals surface area (Å²) in [5, 5.41) is 3.05.